The summed E-state index contributed by atoms with van der Waals surface area (Å²) in [4.78, 5) is 0. The lowest BCUT2D eigenvalue weighted by atomic mass is 9.75. The predicted octanol–water partition coefficient (Wildman–Crippen LogP) is 10.4. The van der Waals surface area contributed by atoms with E-state index in [4.69, 9.17) is 0 Å². The van der Waals surface area contributed by atoms with E-state index < -0.39 is 23.7 Å². The average molecular weight is 1060 g/mol. The van der Waals surface area contributed by atoms with Gasteiger partial charge in [0.2, 0.25) is 0 Å². The first-order chi connectivity index (χ1) is 36.8. The van der Waals surface area contributed by atoms with E-state index in [1.807, 2.05) is 52.0 Å². The molecule has 4 aromatic carbocycles. The normalized spacial score (nSPS) is 16.4. The summed E-state index contributed by atoms with van der Waals surface area (Å²) in [5.41, 5.74) is 5.78. The minimum absolute atomic E-state index is 0.0459. The van der Waals surface area contributed by atoms with Crippen LogP contribution in [0.1, 0.15) is 274 Å². The average Bonchev–Trinajstić information content (AvgIpc) is 3.41. The maximum absolute atomic E-state index is 12.7. The van der Waals surface area contributed by atoms with Gasteiger partial charge in [0, 0.05) is 68.2 Å². The van der Waals surface area contributed by atoms with Crippen LogP contribution in [0.5, 0.6) is 46.0 Å². The molecule has 0 aromatic heterocycles. The zero-order valence-corrected chi connectivity index (χ0v) is 48.3. The summed E-state index contributed by atoms with van der Waals surface area (Å²) < 4.78 is 0. The summed E-state index contributed by atoms with van der Waals surface area (Å²) in [6, 6.07) is 7.45. The van der Waals surface area contributed by atoms with Crippen LogP contribution in [-0.4, -0.2) is 67.0 Å². The summed E-state index contributed by atoms with van der Waals surface area (Å²) >= 11 is 0. The van der Waals surface area contributed by atoms with Gasteiger partial charge in [0.15, 0.2) is 0 Å². The maximum atomic E-state index is 12.7. The second-order valence-corrected chi connectivity index (χ2v) is 22.1. The Balaban J connectivity index is 1.93. The molecule has 424 valence electrons. The van der Waals surface area contributed by atoms with Crippen molar-refractivity contribution in [2.24, 2.45) is 0 Å². The third-order valence-electron chi connectivity index (χ3n) is 16.8. The Morgan fingerprint density at radius 1 is 0.263 bits per heavy atom. The number of nitrogens with two attached hydrogens (primary N) is 4. The van der Waals surface area contributed by atoms with Crippen molar-refractivity contribution in [2.75, 3.05) is 26.2 Å². The molecule has 0 saturated carbocycles. The lowest BCUT2D eigenvalue weighted by Crippen LogP contribution is -2.82. The second-order valence-electron chi connectivity index (χ2n) is 22.1. The highest BCUT2D eigenvalue weighted by Crippen LogP contribution is 2.54. The first-order valence-electron chi connectivity index (χ1n) is 30.4. The van der Waals surface area contributed by atoms with Crippen LogP contribution in [0.2, 0.25) is 0 Å². The van der Waals surface area contributed by atoms with Gasteiger partial charge in [0.1, 0.15) is 72.2 Å². The molecule has 12 heteroatoms. The van der Waals surface area contributed by atoms with Gasteiger partial charge in [-0.3, -0.25) is 0 Å². The van der Waals surface area contributed by atoms with Gasteiger partial charge in [-0.05, 0) is 101 Å². The molecule has 1 aliphatic carbocycles. The lowest BCUT2D eigenvalue weighted by molar-refractivity contribution is -0.671. The molecule has 0 saturated heterocycles. The molecular formula is C64H104N4O8+4. The number of fused-ring (bicyclic) bond motifs is 8. The molecule has 8 bridgehead atoms. The first kappa shape index (κ1) is 62.0. The molecule has 0 spiro atoms. The van der Waals surface area contributed by atoms with Crippen molar-refractivity contribution in [1.82, 2.24) is 0 Å². The van der Waals surface area contributed by atoms with Gasteiger partial charge in [-0.15, -0.1) is 0 Å². The van der Waals surface area contributed by atoms with E-state index in [0.717, 1.165) is 129 Å². The minimum atomic E-state index is -0.610. The topological polar surface area (TPSA) is 228 Å². The van der Waals surface area contributed by atoms with Crippen LogP contribution in [-0.2, 0) is 26.2 Å². The fourth-order valence-corrected chi connectivity index (χ4v) is 12.2. The highest BCUT2D eigenvalue weighted by Gasteiger charge is 2.37. The standard InChI is InChI=1S/C64H100N4O8/c1-9-17-21-25-29-65-37-53-57(69)45-33-46(58(53)70)42(14-6)48-35-50(62(74)55(60(48)72)39-67-31-27-23-19-11-3)44(16-8)52-36-51(63(75)56(64(52)76)40-68-32-28-24-20-12-4)43(15-7)49-34-47(41(45)13-5)59(71)54(61(49)73)38-66-30-26-22-18-10-2/h33-36,41-44,65-76H,9-32,37-40H2,1-8H3/p+4. The fraction of sp³-hybridized carbons (Fsp3) is 0.625. The quantitative estimate of drug-likeness (QED) is 0.0210. The molecule has 0 aliphatic heterocycles. The molecule has 0 amide bonds. The molecule has 5 rings (SSSR count). The zero-order chi connectivity index (χ0) is 55.3. The molecule has 4 aromatic rings. The van der Waals surface area contributed by atoms with Crippen molar-refractivity contribution >= 4 is 0 Å². The number of rotatable bonds is 32. The van der Waals surface area contributed by atoms with Crippen molar-refractivity contribution in [3.8, 4) is 46.0 Å². The molecule has 0 unspecified atom stereocenters. The van der Waals surface area contributed by atoms with Crippen LogP contribution in [0.25, 0.3) is 0 Å². The van der Waals surface area contributed by atoms with Crippen LogP contribution in [0.3, 0.4) is 0 Å². The molecule has 0 radical (unpaired) electrons. The van der Waals surface area contributed by atoms with Crippen molar-refractivity contribution in [3.63, 3.8) is 0 Å². The number of phenols is 8. The summed E-state index contributed by atoms with van der Waals surface area (Å²) in [7, 11) is 0. The Hall–Kier alpha value is -4.88. The zero-order valence-electron chi connectivity index (χ0n) is 48.3. The molecular weight excluding hydrogens is 953 g/mol. The van der Waals surface area contributed by atoms with Crippen LogP contribution >= 0.6 is 0 Å². The molecule has 12 nitrogen and oxygen atoms in total. The molecule has 16 N–H and O–H groups in total. The van der Waals surface area contributed by atoms with Crippen LogP contribution in [0, 0.1) is 0 Å². The Kier molecular flexibility index (Phi) is 25.7. The van der Waals surface area contributed by atoms with Gasteiger partial charge >= 0.3 is 0 Å². The number of benzene rings is 4. The van der Waals surface area contributed by atoms with E-state index in [2.05, 4.69) is 49.0 Å². The number of aromatic hydroxyl groups is 8. The third-order valence-corrected chi connectivity index (χ3v) is 16.8. The fourth-order valence-electron chi connectivity index (χ4n) is 12.2. The Morgan fingerprint density at radius 2 is 0.434 bits per heavy atom. The van der Waals surface area contributed by atoms with E-state index in [-0.39, 0.29) is 46.0 Å². The van der Waals surface area contributed by atoms with Crippen LogP contribution in [0.4, 0.5) is 0 Å². The number of phenolic OH excluding ortho intramolecular Hbond substituents is 8. The number of hydrogen-bond donors (Lipinski definition) is 12. The Bertz CT molecular complexity index is 1990. The molecule has 1 aliphatic rings. The number of quaternary nitrogens is 4. The Morgan fingerprint density at radius 3 is 0.579 bits per heavy atom. The maximum Gasteiger partial charge on any atom is 0.132 e. The first-order valence-corrected chi connectivity index (χ1v) is 30.4. The second kappa shape index (κ2) is 31.5. The summed E-state index contributed by atoms with van der Waals surface area (Å²) in [5.74, 6) is -2.81. The third kappa shape index (κ3) is 14.8. The summed E-state index contributed by atoms with van der Waals surface area (Å²) in [5, 5.41) is 110. The minimum Gasteiger partial charge on any atom is -0.507 e. The van der Waals surface area contributed by atoms with Crippen molar-refractivity contribution in [2.45, 2.75) is 234 Å². The Labute approximate surface area is 457 Å². The molecule has 0 fully saturated rings. The van der Waals surface area contributed by atoms with Crippen molar-refractivity contribution in [3.05, 3.63) is 91.0 Å². The smallest absolute Gasteiger partial charge is 0.132 e. The van der Waals surface area contributed by atoms with Gasteiger partial charge in [-0.2, -0.15) is 0 Å². The summed E-state index contributed by atoms with van der Waals surface area (Å²) in [6.45, 7) is 21.3. The molecule has 0 heterocycles. The van der Waals surface area contributed by atoms with E-state index in [0.29, 0.717) is 119 Å². The van der Waals surface area contributed by atoms with Crippen LogP contribution < -0.4 is 21.3 Å². The molecule has 76 heavy (non-hydrogen) atoms. The largest absolute Gasteiger partial charge is 0.507 e. The van der Waals surface area contributed by atoms with Crippen molar-refractivity contribution < 1.29 is 62.1 Å². The summed E-state index contributed by atoms with van der Waals surface area (Å²) in [6.07, 6.45) is 19.1. The van der Waals surface area contributed by atoms with E-state index in [9.17, 15) is 40.9 Å². The van der Waals surface area contributed by atoms with E-state index in [1.165, 1.54) is 0 Å². The lowest BCUT2D eigenvalue weighted by Gasteiger charge is -2.30. The molecule has 0 atom stereocenters. The predicted molar refractivity (Wildman–Crippen MR) is 306 cm³/mol. The highest BCUT2D eigenvalue weighted by molar-refractivity contribution is 5.67. The van der Waals surface area contributed by atoms with Crippen molar-refractivity contribution in [1.29, 1.82) is 0 Å². The van der Waals surface area contributed by atoms with E-state index in [1.54, 1.807) is 0 Å². The van der Waals surface area contributed by atoms with Crippen LogP contribution in [0.15, 0.2) is 24.3 Å². The monoisotopic (exact) mass is 1060 g/mol. The number of unbranched alkanes of at least 4 members (excludes halogenated alkanes) is 12. The number of hydrogen-bond acceptors (Lipinski definition) is 8. The van der Waals surface area contributed by atoms with Gasteiger partial charge in [0.25, 0.3) is 0 Å². The van der Waals surface area contributed by atoms with Gasteiger partial charge in [-0.25, -0.2) is 0 Å². The van der Waals surface area contributed by atoms with E-state index >= 15 is 0 Å². The van der Waals surface area contributed by atoms with Gasteiger partial charge in [0.05, 0.1) is 48.4 Å². The van der Waals surface area contributed by atoms with Gasteiger partial charge < -0.3 is 62.1 Å². The highest BCUT2D eigenvalue weighted by atomic mass is 16.3. The van der Waals surface area contributed by atoms with Gasteiger partial charge in [-0.1, -0.05) is 107 Å². The SMILES string of the molecule is CCCCCC[NH2+]Cc1c(O)c2cc(c1O)C(CC)c1cc(c(O)c(C[NH2+]CCCCCC)c1O)C(CC)c1cc(c(O)c(C[NH2+]CCCCCC)c1O)C(CC)c1cc(c(O)c(C[NH2+]CCCCCC)c1O)C2CC.